The van der Waals surface area contributed by atoms with E-state index in [0.717, 1.165) is 10.8 Å². The van der Waals surface area contributed by atoms with Crippen LogP contribution in [0.4, 0.5) is 10.5 Å². The summed E-state index contributed by atoms with van der Waals surface area (Å²) in [5.41, 5.74) is 0.993. The number of aromatic amines is 1. The highest BCUT2D eigenvalue weighted by molar-refractivity contribution is 6.30. The Balaban J connectivity index is 1.84. The molecule has 3 aromatic rings. The molecule has 10 heteroatoms. The molecule has 1 heterocycles. The molecule has 0 saturated carbocycles. The van der Waals surface area contributed by atoms with E-state index in [0.29, 0.717) is 10.7 Å². The highest BCUT2D eigenvalue weighted by atomic mass is 35.5. The van der Waals surface area contributed by atoms with Crippen LogP contribution in [0.15, 0.2) is 69.3 Å². The number of H-pyrrole nitrogens is 1. The van der Waals surface area contributed by atoms with Crippen LogP contribution in [0.5, 0.6) is 5.88 Å². The number of nitrogens with one attached hydrogen (secondary N) is 3. The molecule has 142 valence electrons. The summed E-state index contributed by atoms with van der Waals surface area (Å²) in [4.78, 5) is 37.9. The smallest absolute Gasteiger partial charge is 0.339 e. The first kappa shape index (κ1) is 18.9. The molecule has 2 aromatic carbocycles. The van der Waals surface area contributed by atoms with Crippen molar-refractivity contribution in [2.24, 2.45) is 5.10 Å². The molecule has 0 aliphatic rings. The molecule has 0 fully saturated rings. The minimum atomic E-state index is -0.860. The quantitative estimate of drug-likeness (QED) is 0.395. The third kappa shape index (κ3) is 4.27. The van der Waals surface area contributed by atoms with Crippen molar-refractivity contribution in [1.82, 2.24) is 15.0 Å². The van der Waals surface area contributed by atoms with Gasteiger partial charge in [-0.1, -0.05) is 29.8 Å². The molecule has 3 rings (SSSR count). The largest absolute Gasteiger partial charge is 0.493 e. The molecule has 0 aliphatic carbocycles. The van der Waals surface area contributed by atoms with E-state index in [4.69, 9.17) is 11.6 Å². The number of rotatable bonds is 4. The van der Waals surface area contributed by atoms with E-state index in [2.05, 4.69) is 20.8 Å². The number of carbonyl (C=O) groups excluding carboxylic acids is 1. The van der Waals surface area contributed by atoms with Gasteiger partial charge in [-0.2, -0.15) is 5.10 Å². The van der Waals surface area contributed by atoms with E-state index >= 15 is 0 Å². The number of aromatic nitrogens is 2. The van der Waals surface area contributed by atoms with Gasteiger partial charge in [-0.3, -0.25) is 9.78 Å². The van der Waals surface area contributed by atoms with Crippen LogP contribution < -0.4 is 22.0 Å². The van der Waals surface area contributed by atoms with Crippen molar-refractivity contribution in [3.63, 3.8) is 0 Å². The Morgan fingerprint density at radius 3 is 2.46 bits per heavy atom. The first-order valence-electron chi connectivity index (χ1n) is 7.95. The molecule has 0 unspecified atom stereocenters. The zero-order chi connectivity index (χ0) is 20.1. The summed E-state index contributed by atoms with van der Waals surface area (Å²) in [6, 6.07) is 14.0. The van der Waals surface area contributed by atoms with Gasteiger partial charge in [0.15, 0.2) is 0 Å². The minimum Gasteiger partial charge on any atom is -0.493 e. The lowest BCUT2D eigenvalue weighted by Crippen LogP contribution is -2.31. The summed E-state index contributed by atoms with van der Waals surface area (Å²) in [5.74, 6) is -0.634. The second kappa shape index (κ2) is 8.23. The van der Waals surface area contributed by atoms with Crippen LogP contribution in [0.25, 0.3) is 5.69 Å². The summed E-state index contributed by atoms with van der Waals surface area (Å²) in [5, 5.41) is 17.0. The zero-order valence-electron chi connectivity index (χ0n) is 14.2. The SMILES string of the molecule is O=C(N/N=C/c1c(O)n(-c2ccc(Cl)cc2)c(=O)[nH]c1=O)Nc1ccccc1. The summed E-state index contributed by atoms with van der Waals surface area (Å²) < 4.78 is 0.878. The molecular weight excluding hydrogens is 386 g/mol. The lowest BCUT2D eigenvalue weighted by Gasteiger charge is -2.09. The van der Waals surface area contributed by atoms with Gasteiger partial charge in [-0.15, -0.1) is 0 Å². The summed E-state index contributed by atoms with van der Waals surface area (Å²) >= 11 is 5.82. The predicted molar refractivity (Wildman–Crippen MR) is 106 cm³/mol. The number of hydrogen-bond acceptors (Lipinski definition) is 5. The molecule has 1 aromatic heterocycles. The minimum absolute atomic E-state index is 0.285. The number of halogens is 1. The summed E-state index contributed by atoms with van der Waals surface area (Å²) in [6.45, 7) is 0. The van der Waals surface area contributed by atoms with Crippen LogP contribution in [0.1, 0.15) is 5.56 Å². The number of aromatic hydroxyl groups is 1. The second-order valence-corrected chi connectivity index (χ2v) is 5.93. The molecule has 0 bridgehead atoms. The molecule has 4 N–H and O–H groups in total. The van der Waals surface area contributed by atoms with Crippen molar-refractivity contribution < 1.29 is 9.90 Å². The van der Waals surface area contributed by atoms with E-state index in [9.17, 15) is 19.5 Å². The van der Waals surface area contributed by atoms with Crippen LogP contribution in [-0.2, 0) is 0 Å². The van der Waals surface area contributed by atoms with Crippen LogP contribution in [0.2, 0.25) is 5.02 Å². The predicted octanol–water partition coefficient (Wildman–Crippen LogP) is 2.04. The lowest BCUT2D eigenvalue weighted by molar-refractivity contribution is 0.252. The fraction of sp³-hybridized carbons (Fsp3) is 0. The van der Waals surface area contributed by atoms with Gasteiger partial charge in [0.1, 0.15) is 5.56 Å². The van der Waals surface area contributed by atoms with E-state index in [1.165, 1.54) is 24.3 Å². The molecule has 2 amide bonds. The number of anilines is 1. The van der Waals surface area contributed by atoms with Crippen molar-refractivity contribution in [3.05, 3.63) is 86.0 Å². The maximum absolute atomic E-state index is 12.1. The monoisotopic (exact) mass is 399 g/mol. The Morgan fingerprint density at radius 1 is 1.11 bits per heavy atom. The van der Waals surface area contributed by atoms with Crippen LogP contribution >= 0.6 is 11.6 Å². The molecular formula is C18H14ClN5O4. The fourth-order valence-electron chi connectivity index (χ4n) is 2.32. The summed E-state index contributed by atoms with van der Waals surface area (Å²) in [7, 11) is 0. The molecule has 0 radical (unpaired) electrons. The van der Waals surface area contributed by atoms with Crippen LogP contribution in [-0.4, -0.2) is 26.9 Å². The third-order valence-corrected chi connectivity index (χ3v) is 3.85. The number of hydrazone groups is 1. The van der Waals surface area contributed by atoms with Gasteiger partial charge in [-0.05, 0) is 36.4 Å². The van der Waals surface area contributed by atoms with E-state index in [-0.39, 0.29) is 11.3 Å². The molecule has 0 atom stereocenters. The van der Waals surface area contributed by atoms with Gasteiger partial charge in [0, 0.05) is 10.7 Å². The first-order valence-corrected chi connectivity index (χ1v) is 8.33. The average Bonchev–Trinajstić information content (AvgIpc) is 2.66. The Hall–Kier alpha value is -3.85. The van der Waals surface area contributed by atoms with Gasteiger partial charge in [-0.25, -0.2) is 19.6 Å². The molecule has 0 saturated heterocycles. The van der Waals surface area contributed by atoms with E-state index in [1.54, 1.807) is 30.3 Å². The number of benzene rings is 2. The molecule has 0 aliphatic heterocycles. The van der Waals surface area contributed by atoms with Gasteiger partial charge < -0.3 is 10.4 Å². The van der Waals surface area contributed by atoms with Crippen LogP contribution in [0, 0.1) is 0 Å². The van der Waals surface area contributed by atoms with Crippen molar-refractivity contribution >= 4 is 29.5 Å². The van der Waals surface area contributed by atoms with E-state index in [1.807, 2.05) is 0 Å². The average molecular weight is 400 g/mol. The van der Waals surface area contributed by atoms with Gasteiger partial charge >= 0.3 is 11.7 Å². The van der Waals surface area contributed by atoms with Gasteiger partial charge in [0.05, 0.1) is 11.9 Å². The van der Waals surface area contributed by atoms with Crippen molar-refractivity contribution in [2.75, 3.05) is 5.32 Å². The van der Waals surface area contributed by atoms with Crippen molar-refractivity contribution in [2.45, 2.75) is 0 Å². The van der Waals surface area contributed by atoms with Crippen molar-refractivity contribution in [3.8, 4) is 11.6 Å². The zero-order valence-corrected chi connectivity index (χ0v) is 15.0. The standard InChI is InChI=1S/C18H14ClN5O4/c19-11-6-8-13(9-7-11)24-16(26)14(15(25)22-18(24)28)10-20-23-17(27)21-12-4-2-1-3-5-12/h1-10,26H,(H2,21,23,27)(H,22,25,28)/b20-10+. The second-order valence-electron chi connectivity index (χ2n) is 5.50. The number of nitrogens with zero attached hydrogens (tertiary/aromatic N) is 2. The molecule has 28 heavy (non-hydrogen) atoms. The van der Waals surface area contributed by atoms with E-state index < -0.39 is 23.2 Å². The molecule has 9 nitrogen and oxygen atoms in total. The number of carbonyl (C=O) groups is 1. The summed E-state index contributed by atoms with van der Waals surface area (Å²) in [6.07, 6.45) is 0.935. The van der Waals surface area contributed by atoms with Crippen molar-refractivity contribution in [1.29, 1.82) is 0 Å². The number of amides is 2. The van der Waals surface area contributed by atoms with Crippen LogP contribution in [0.3, 0.4) is 0 Å². The maximum Gasteiger partial charge on any atom is 0.339 e. The Morgan fingerprint density at radius 2 is 1.79 bits per heavy atom. The topological polar surface area (TPSA) is 129 Å². The lowest BCUT2D eigenvalue weighted by atomic mass is 10.3. The maximum atomic E-state index is 12.1. The van der Waals surface area contributed by atoms with Gasteiger partial charge in [0.25, 0.3) is 5.56 Å². The fourth-order valence-corrected chi connectivity index (χ4v) is 2.45. The number of urea groups is 1. The number of hydrogen-bond donors (Lipinski definition) is 4. The third-order valence-electron chi connectivity index (χ3n) is 3.60. The van der Waals surface area contributed by atoms with Gasteiger partial charge in [0.2, 0.25) is 5.88 Å². The highest BCUT2D eigenvalue weighted by Crippen LogP contribution is 2.17. The Kier molecular flexibility index (Phi) is 5.56. The molecule has 0 spiro atoms. The Labute approximate surface area is 162 Å². The number of para-hydroxylation sites is 1. The highest BCUT2D eigenvalue weighted by Gasteiger charge is 2.14. The first-order chi connectivity index (χ1) is 13.5. The normalized spacial score (nSPS) is 10.8. The Bertz CT molecular complexity index is 1140.